The van der Waals surface area contributed by atoms with Crippen LogP contribution in [-0.4, -0.2) is 15.1 Å². The third-order valence-corrected chi connectivity index (χ3v) is 3.15. The molecule has 1 heterocycles. The summed E-state index contributed by atoms with van der Waals surface area (Å²) in [5.41, 5.74) is 2.67. The number of aromatic hydroxyl groups is 1. The summed E-state index contributed by atoms with van der Waals surface area (Å²) in [5, 5.41) is 14.1. The van der Waals surface area contributed by atoms with Gasteiger partial charge in [0.1, 0.15) is 17.9 Å². The van der Waals surface area contributed by atoms with Crippen LogP contribution < -0.4 is 5.32 Å². The Morgan fingerprint density at radius 2 is 1.95 bits per heavy atom. The molecule has 0 aliphatic carbocycles. The molecular weight excluding hydrogens is 274 g/mol. The minimum atomic E-state index is 0.106. The Kier molecular flexibility index (Phi) is 3.16. The Morgan fingerprint density at radius 1 is 1.10 bits per heavy atom. The summed E-state index contributed by atoms with van der Waals surface area (Å²) in [6.45, 7) is 2.02. The van der Waals surface area contributed by atoms with Gasteiger partial charge in [0, 0.05) is 22.2 Å². The van der Waals surface area contributed by atoms with Crippen LogP contribution in [0, 0.1) is 6.92 Å². The molecule has 5 heteroatoms. The van der Waals surface area contributed by atoms with E-state index in [2.05, 4.69) is 15.3 Å². The molecule has 0 amide bonds. The van der Waals surface area contributed by atoms with Crippen molar-refractivity contribution in [3.63, 3.8) is 0 Å². The van der Waals surface area contributed by atoms with Crippen LogP contribution in [0.5, 0.6) is 5.75 Å². The number of nitrogens with one attached hydrogen (secondary N) is 1. The largest absolute Gasteiger partial charge is 0.508 e. The number of hydrogen-bond donors (Lipinski definition) is 2. The normalized spacial score (nSPS) is 10.7. The van der Waals surface area contributed by atoms with Gasteiger partial charge in [-0.25, -0.2) is 9.97 Å². The second kappa shape index (κ2) is 4.98. The van der Waals surface area contributed by atoms with Gasteiger partial charge in [-0.05, 0) is 31.2 Å². The van der Waals surface area contributed by atoms with Gasteiger partial charge in [-0.2, -0.15) is 0 Å². The molecule has 0 radical (unpaired) electrons. The molecule has 3 rings (SSSR count). The minimum absolute atomic E-state index is 0.106. The van der Waals surface area contributed by atoms with Crippen molar-refractivity contribution >= 4 is 34.0 Å². The first kappa shape index (κ1) is 12.7. The van der Waals surface area contributed by atoms with Crippen LogP contribution in [-0.2, 0) is 0 Å². The predicted octanol–water partition coefficient (Wildman–Crippen LogP) is 4.04. The predicted molar refractivity (Wildman–Crippen MR) is 80.7 cm³/mol. The van der Waals surface area contributed by atoms with Crippen LogP contribution >= 0.6 is 11.6 Å². The van der Waals surface area contributed by atoms with E-state index in [4.69, 9.17) is 11.6 Å². The highest BCUT2D eigenvalue weighted by molar-refractivity contribution is 6.31. The molecule has 4 nitrogen and oxygen atoms in total. The van der Waals surface area contributed by atoms with Crippen molar-refractivity contribution in [1.29, 1.82) is 0 Å². The van der Waals surface area contributed by atoms with Crippen LogP contribution in [0.1, 0.15) is 5.56 Å². The molecule has 1 aromatic heterocycles. The Hall–Kier alpha value is -2.33. The molecule has 20 heavy (non-hydrogen) atoms. The SMILES string of the molecule is Cc1ccc2ncnc(Nc3cc(O)cc(Cl)c3)c2c1. The highest BCUT2D eigenvalue weighted by Crippen LogP contribution is 2.28. The van der Waals surface area contributed by atoms with Gasteiger partial charge >= 0.3 is 0 Å². The molecule has 0 bridgehead atoms. The van der Waals surface area contributed by atoms with Gasteiger partial charge in [-0.3, -0.25) is 0 Å². The first-order valence-electron chi connectivity index (χ1n) is 6.10. The lowest BCUT2D eigenvalue weighted by molar-refractivity contribution is 0.475. The minimum Gasteiger partial charge on any atom is -0.508 e. The van der Waals surface area contributed by atoms with Crippen LogP contribution in [0.3, 0.4) is 0 Å². The van der Waals surface area contributed by atoms with E-state index in [9.17, 15) is 5.11 Å². The average Bonchev–Trinajstić information content (AvgIpc) is 2.38. The Bertz CT molecular complexity index is 769. The molecule has 100 valence electrons. The molecule has 0 fully saturated rings. The van der Waals surface area contributed by atoms with E-state index in [1.807, 2.05) is 25.1 Å². The average molecular weight is 286 g/mol. The van der Waals surface area contributed by atoms with Crippen LogP contribution in [0.15, 0.2) is 42.7 Å². The second-order valence-electron chi connectivity index (χ2n) is 4.57. The molecule has 0 aliphatic heterocycles. The first-order valence-corrected chi connectivity index (χ1v) is 6.47. The van der Waals surface area contributed by atoms with Crippen molar-refractivity contribution in [2.45, 2.75) is 6.92 Å². The molecule has 0 saturated heterocycles. The number of anilines is 2. The van der Waals surface area contributed by atoms with Gasteiger partial charge < -0.3 is 10.4 Å². The molecular formula is C15H12ClN3O. The zero-order valence-electron chi connectivity index (χ0n) is 10.8. The van der Waals surface area contributed by atoms with Crippen LogP contribution in [0.25, 0.3) is 10.9 Å². The van der Waals surface area contributed by atoms with E-state index in [1.165, 1.54) is 12.4 Å². The quantitative estimate of drug-likeness (QED) is 0.746. The van der Waals surface area contributed by atoms with E-state index in [0.717, 1.165) is 16.5 Å². The fraction of sp³-hybridized carbons (Fsp3) is 0.0667. The standard InChI is InChI=1S/C15H12ClN3O/c1-9-2-3-14-13(4-9)15(18-8-17-14)19-11-5-10(16)6-12(20)7-11/h2-8,20H,1H3,(H,17,18,19). The Labute approximate surface area is 121 Å². The van der Waals surface area contributed by atoms with Gasteiger partial charge in [0.2, 0.25) is 0 Å². The van der Waals surface area contributed by atoms with Crippen molar-refractivity contribution in [2.75, 3.05) is 5.32 Å². The van der Waals surface area contributed by atoms with Gasteiger partial charge in [-0.1, -0.05) is 23.2 Å². The van der Waals surface area contributed by atoms with Crippen LogP contribution in [0.2, 0.25) is 5.02 Å². The summed E-state index contributed by atoms with van der Waals surface area (Å²) in [6.07, 6.45) is 1.50. The molecule has 0 atom stereocenters. The fourth-order valence-corrected chi connectivity index (χ4v) is 2.28. The number of halogens is 1. The van der Waals surface area contributed by atoms with Gasteiger partial charge in [0.15, 0.2) is 0 Å². The van der Waals surface area contributed by atoms with Crippen LogP contribution in [0.4, 0.5) is 11.5 Å². The van der Waals surface area contributed by atoms with Crippen molar-refractivity contribution in [2.24, 2.45) is 0 Å². The van der Waals surface area contributed by atoms with E-state index < -0.39 is 0 Å². The summed E-state index contributed by atoms with van der Waals surface area (Å²) < 4.78 is 0. The third kappa shape index (κ3) is 2.51. The number of aromatic nitrogens is 2. The second-order valence-corrected chi connectivity index (χ2v) is 5.00. The number of benzene rings is 2. The van der Waals surface area contributed by atoms with Crippen molar-refractivity contribution in [3.8, 4) is 5.75 Å². The monoisotopic (exact) mass is 285 g/mol. The number of phenolic OH excluding ortho intramolecular Hbond substituents is 1. The van der Waals surface area contributed by atoms with E-state index >= 15 is 0 Å². The Balaban J connectivity index is 2.08. The zero-order chi connectivity index (χ0) is 14.1. The van der Waals surface area contributed by atoms with Crippen molar-refractivity contribution in [1.82, 2.24) is 9.97 Å². The summed E-state index contributed by atoms with van der Waals surface area (Å²) in [4.78, 5) is 8.49. The number of hydrogen-bond acceptors (Lipinski definition) is 4. The fourth-order valence-electron chi connectivity index (χ4n) is 2.05. The maximum Gasteiger partial charge on any atom is 0.141 e. The van der Waals surface area contributed by atoms with E-state index in [0.29, 0.717) is 16.5 Å². The molecule has 0 spiro atoms. The lowest BCUT2D eigenvalue weighted by Crippen LogP contribution is -1.96. The summed E-state index contributed by atoms with van der Waals surface area (Å²) in [6, 6.07) is 10.8. The number of nitrogens with zero attached hydrogens (tertiary/aromatic N) is 2. The molecule has 0 aliphatic rings. The lowest BCUT2D eigenvalue weighted by atomic mass is 10.1. The maximum absolute atomic E-state index is 9.57. The van der Waals surface area contributed by atoms with E-state index in [-0.39, 0.29) is 5.75 Å². The summed E-state index contributed by atoms with van der Waals surface area (Å²) >= 11 is 5.93. The molecule has 2 aromatic carbocycles. The van der Waals surface area contributed by atoms with Crippen molar-refractivity contribution < 1.29 is 5.11 Å². The van der Waals surface area contributed by atoms with Gasteiger partial charge in [-0.15, -0.1) is 0 Å². The highest BCUT2D eigenvalue weighted by Gasteiger charge is 2.05. The smallest absolute Gasteiger partial charge is 0.141 e. The number of aryl methyl sites for hydroxylation is 1. The Morgan fingerprint density at radius 3 is 2.75 bits per heavy atom. The molecule has 3 aromatic rings. The number of fused-ring (bicyclic) bond motifs is 1. The summed E-state index contributed by atoms with van der Waals surface area (Å²) in [5.74, 6) is 0.787. The first-order chi connectivity index (χ1) is 9.61. The maximum atomic E-state index is 9.57. The molecule has 0 saturated carbocycles. The molecule has 0 unspecified atom stereocenters. The zero-order valence-corrected chi connectivity index (χ0v) is 11.5. The van der Waals surface area contributed by atoms with E-state index in [1.54, 1.807) is 12.1 Å². The topological polar surface area (TPSA) is 58.0 Å². The van der Waals surface area contributed by atoms with Gasteiger partial charge in [0.25, 0.3) is 0 Å². The summed E-state index contributed by atoms with van der Waals surface area (Å²) in [7, 11) is 0. The van der Waals surface area contributed by atoms with Gasteiger partial charge in [0.05, 0.1) is 5.52 Å². The number of rotatable bonds is 2. The third-order valence-electron chi connectivity index (χ3n) is 2.94. The van der Waals surface area contributed by atoms with Crippen molar-refractivity contribution in [3.05, 3.63) is 53.3 Å². The lowest BCUT2D eigenvalue weighted by Gasteiger charge is -2.09. The highest BCUT2D eigenvalue weighted by atomic mass is 35.5. The number of phenols is 1. The molecule has 2 N–H and O–H groups in total.